The number of hydrogen-bond donors (Lipinski definition) is 3. The van der Waals surface area contributed by atoms with Crippen LogP contribution in [-0.2, 0) is 6.54 Å². The summed E-state index contributed by atoms with van der Waals surface area (Å²) in [5.74, 6) is -1.37. The van der Waals surface area contributed by atoms with Crippen LogP contribution in [0, 0.1) is 0 Å². The predicted molar refractivity (Wildman–Crippen MR) is 58.7 cm³/mol. The quantitative estimate of drug-likeness (QED) is 0.689. The van der Waals surface area contributed by atoms with Gasteiger partial charge in [-0.05, 0) is 11.6 Å². The Kier molecular flexibility index (Phi) is 3.28. The topological polar surface area (TPSA) is 121 Å². The van der Waals surface area contributed by atoms with E-state index in [9.17, 15) is 9.59 Å². The van der Waals surface area contributed by atoms with Gasteiger partial charge in [0.1, 0.15) is 12.0 Å². The van der Waals surface area contributed by atoms with Crippen LogP contribution in [0.4, 0.5) is 0 Å². The summed E-state index contributed by atoms with van der Waals surface area (Å²) >= 11 is 0. The molecule has 1 amide bonds. The Morgan fingerprint density at radius 1 is 1.33 bits per heavy atom. The van der Waals surface area contributed by atoms with Crippen LogP contribution in [0.25, 0.3) is 0 Å². The van der Waals surface area contributed by atoms with Crippen molar-refractivity contribution in [3.8, 4) is 0 Å². The van der Waals surface area contributed by atoms with Crippen molar-refractivity contribution < 1.29 is 14.7 Å². The minimum Gasteiger partial charge on any atom is -0.477 e. The van der Waals surface area contributed by atoms with E-state index in [-0.39, 0.29) is 18.1 Å². The molecule has 0 saturated heterocycles. The number of H-pyrrole nitrogens is 1. The van der Waals surface area contributed by atoms with Gasteiger partial charge in [0.05, 0.1) is 0 Å². The number of carboxylic acid groups (broad SMARTS) is 1. The van der Waals surface area contributed by atoms with Gasteiger partial charge in [-0.3, -0.25) is 9.89 Å². The molecule has 92 valence electrons. The number of carboxylic acids is 1. The lowest BCUT2D eigenvalue weighted by Crippen LogP contribution is -2.24. The molecule has 18 heavy (non-hydrogen) atoms. The van der Waals surface area contributed by atoms with Crippen molar-refractivity contribution in [1.82, 2.24) is 25.5 Å². The second-order valence-electron chi connectivity index (χ2n) is 3.37. The van der Waals surface area contributed by atoms with Crippen molar-refractivity contribution in [2.45, 2.75) is 6.54 Å². The first-order valence-electron chi connectivity index (χ1n) is 4.98. The second-order valence-corrected chi connectivity index (χ2v) is 3.37. The monoisotopic (exact) mass is 247 g/mol. The van der Waals surface area contributed by atoms with Crippen molar-refractivity contribution in [2.24, 2.45) is 0 Å². The summed E-state index contributed by atoms with van der Waals surface area (Å²) in [7, 11) is 0. The molecule has 2 heterocycles. The minimum atomic E-state index is -1.09. The van der Waals surface area contributed by atoms with Gasteiger partial charge in [0.15, 0.2) is 0 Å². The molecule has 0 aromatic carbocycles. The van der Waals surface area contributed by atoms with E-state index in [1.54, 1.807) is 6.07 Å². The van der Waals surface area contributed by atoms with Crippen LogP contribution in [-0.4, -0.2) is 37.1 Å². The molecule has 0 radical (unpaired) electrons. The highest BCUT2D eigenvalue weighted by Crippen LogP contribution is 2.00. The highest BCUT2D eigenvalue weighted by atomic mass is 16.4. The maximum Gasteiger partial charge on any atom is 0.354 e. The average molecular weight is 247 g/mol. The SMILES string of the molecule is O=C(O)c1ccc(CNC(=O)c2ncn[nH]2)cn1. The molecule has 0 fully saturated rings. The summed E-state index contributed by atoms with van der Waals surface area (Å²) < 4.78 is 0. The molecule has 0 aliphatic carbocycles. The first-order chi connectivity index (χ1) is 8.66. The van der Waals surface area contributed by atoms with Crippen molar-refractivity contribution in [3.63, 3.8) is 0 Å². The van der Waals surface area contributed by atoms with Crippen molar-refractivity contribution >= 4 is 11.9 Å². The third-order valence-electron chi connectivity index (χ3n) is 2.13. The van der Waals surface area contributed by atoms with Crippen LogP contribution in [0.2, 0.25) is 0 Å². The summed E-state index contributed by atoms with van der Waals surface area (Å²) in [6, 6.07) is 2.95. The number of rotatable bonds is 4. The lowest BCUT2D eigenvalue weighted by atomic mass is 10.2. The van der Waals surface area contributed by atoms with Crippen LogP contribution >= 0.6 is 0 Å². The molecule has 0 unspecified atom stereocenters. The van der Waals surface area contributed by atoms with Crippen LogP contribution in [0.15, 0.2) is 24.7 Å². The number of aromatic carboxylic acids is 1. The Morgan fingerprint density at radius 2 is 2.17 bits per heavy atom. The highest BCUT2D eigenvalue weighted by Gasteiger charge is 2.08. The zero-order chi connectivity index (χ0) is 13.0. The minimum absolute atomic E-state index is 0.0414. The van der Waals surface area contributed by atoms with Gasteiger partial charge in [-0.25, -0.2) is 14.8 Å². The highest BCUT2D eigenvalue weighted by molar-refractivity contribution is 5.90. The fourth-order valence-corrected chi connectivity index (χ4v) is 1.24. The van der Waals surface area contributed by atoms with Gasteiger partial charge in [0.25, 0.3) is 5.91 Å². The number of carbonyl (C=O) groups is 2. The number of nitrogens with one attached hydrogen (secondary N) is 2. The first kappa shape index (κ1) is 11.7. The number of carbonyl (C=O) groups excluding carboxylic acids is 1. The van der Waals surface area contributed by atoms with E-state index < -0.39 is 11.9 Å². The summed E-state index contributed by atoms with van der Waals surface area (Å²) in [5, 5.41) is 17.2. The molecular formula is C10H9N5O3. The number of hydrogen-bond acceptors (Lipinski definition) is 5. The zero-order valence-corrected chi connectivity index (χ0v) is 9.12. The largest absolute Gasteiger partial charge is 0.477 e. The van der Waals surface area contributed by atoms with E-state index in [1.165, 1.54) is 18.6 Å². The second kappa shape index (κ2) is 5.04. The Labute approximate surface area is 101 Å². The Balaban J connectivity index is 1.94. The van der Waals surface area contributed by atoms with Gasteiger partial charge in [-0.15, -0.1) is 0 Å². The van der Waals surface area contributed by atoms with Crippen molar-refractivity contribution in [2.75, 3.05) is 0 Å². The molecule has 0 atom stereocenters. The molecule has 0 bridgehead atoms. The van der Waals surface area contributed by atoms with E-state index in [1.807, 2.05) is 0 Å². The third-order valence-corrected chi connectivity index (χ3v) is 2.13. The third kappa shape index (κ3) is 2.67. The van der Waals surface area contributed by atoms with Gasteiger partial charge >= 0.3 is 5.97 Å². The molecular weight excluding hydrogens is 238 g/mol. The lowest BCUT2D eigenvalue weighted by Gasteiger charge is -2.03. The molecule has 2 aromatic rings. The number of pyridine rings is 1. The molecule has 0 aliphatic heterocycles. The van der Waals surface area contributed by atoms with Gasteiger partial charge in [-0.2, -0.15) is 5.10 Å². The molecule has 0 saturated carbocycles. The Morgan fingerprint density at radius 3 is 2.72 bits per heavy atom. The lowest BCUT2D eigenvalue weighted by molar-refractivity contribution is 0.0690. The number of aromatic nitrogens is 4. The molecule has 0 spiro atoms. The molecule has 2 rings (SSSR count). The van der Waals surface area contributed by atoms with E-state index in [4.69, 9.17) is 5.11 Å². The number of aromatic amines is 1. The summed E-state index contributed by atoms with van der Waals surface area (Å²) in [6.45, 7) is 0.229. The van der Waals surface area contributed by atoms with Gasteiger partial charge in [-0.1, -0.05) is 6.07 Å². The number of nitrogens with zero attached hydrogens (tertiary/aromatic N) is 3. The van der Waals surface area contributed by atoms with E-state index in [0.29, 0.717) is 5.56 Å². The smallest absolute Gasteiger partial charge is 0.354 e. The maximum absolute atomic E-state index is 11.5. The molecule has 0 aliphatic rings. The average Bonchev–Trinajstić information content (AvgIpc) is 2.90. The zero-order valence-electron chi connectivity index (χ0n) is 9.12. The van der Waals surface area contributed by atoms with Crippen LogP contribution in [0.3, 0.4) is 0 Å². The molecule has 8 nitrogen and oxygen atoms in total. The first-order valence-corrected chi connectivity index (χ1v) is 4.98. The summed E-state index contributed by atoms with van der Waals surface area (Å²) in [4.78, 5) is 29.5. The molecule has 3 N–H and O–H groups in total. The fourth-order valence-electron chi connectivity index (χ4n) is 1.24. The van der Waals surface area contributed by atoms with Gasteiger partial charge < -0.3 is 10.4 Å². The van der Waals surface area contributed by atoms with E-state index >= 15 is 0 Å². The van der Waals surface area contributed by atoms with Crippen LogP contribution in [0.1, 0.15) is 26.7 Å². The molecule has 2 aromatic heterocycles. The normalized spacial score (nSPS) is 10.0. The van der Waals surface area contributed by atoms with Gasteiger partial charge in [0, 0.05) is 12.7 Å². The Hall–Kier alpha value is -2.77. The van der Waals surface area contributed by atoms with E-state index in [2.05, 4.69) is 25.5 Å². The van der Waals surface area contributed by atoms with Crippen molar-refractivity contribution in [1.29, 1.82) is 0 Å². The van der Waals surface area contributed by atoms with Crippen LogP contribution < -0.4 is 5.32 Å². The Bertz CT molecular complexity index is 549. The van der Waals surface area contributed by atoms with E-state index in [0.717, 1.165) is 0 Å². The molecule has 8 heteroatoms. The number of amides is 1. The van der Waals surface area contributed by atoms with Crippen LogP contribution in [0.5, 0.6) is 0 Å². The standard InChI is InChI=1S/C10H9N5O3/c16-9(8-13-5-14-15-8)12-4-6-1-2-7(10(17)18)11-3-6/h1-3,5H,4H2,(H,12,16)(H,17,18)(H,13,14,15). The maximum atomic E-state index is 11.5. The van der Waals surface area contributed by atoms with Gasteiger partial charge in [0.2, 0.25) is 5.82 Å². The summed E-state index contributed by atoms with van der Waals surface area (Å²) in [6.07, 6.45) is 2.63. The summed E-state index contributed by atoms with van der Waals surface area (Å²) in [5.41, 5.74) is 0.646. The predicted octanol–water partition coefficient (Wildman–Crippen LogP) is -0.172. The fraction of sp³-hybridized carbons (Fsp3) is 0.100. The van der Waals surface area contributed by atoms with Crippen molar-refractivity contribution in [3.05, 3.63) is 41.7 Å².